The first-order valence-electron chi connectivity index (χ1n) is 19.3. The molecule has 266 valence electrons. The maximum atomic E-state index is 6.68. The lowest BCUT2D eigenvalue weighted by molar-refractivity contribution is 0.620. The summed E-state index contributed by atoms with van der Waals surface area (Å²) in [5.41, 5.74) is 9.57. The van der Waals surface area contributed by atoms with Crippen molar-refractivity contribution in [3.05, 3.63) is 194 Å². The average Bonchev–Trinajstić information content (AvgIpc) is 3.89. The van der Waals surface area contributed by atoms with Gasteiger partial charge in [-0.1, -0.05) is 133 Å². The number of anilines is 3. The summed E-state index contributed by atoms with van der Waals surface area (Å²) in [6, 6.07) is 68.7. The van der Waals surface area contributed by atoms with Gasteiger partial charge in [0.15, 0.2) is 5.58 Å². The minimum absolute atomic E-state index is 0.578. The zero-order valence-corrected chi connectivity index (χ0v) is 30.7. The van der Waals surface area contributed by atoms with Crippen LogP contribution in [-0.4, -0.2) is 4.98 Å². The Morgan fingerprint density at radius 1 is 0.351 bits per heavy atom. The molecule has 2 heterocycles. The highest BCUT2D eigenvalue weighted by Crippen LogP contribution is 2.44. The standard InChI is InChI=1S/C53H32N2O2/c1-2-11-33(12-3-1)34-21-24-36(25-22-34)55(37-26-28-44-42-17-7-6-15-40(42)41-16-8-9-18-43(41)47(44)31-37)38-27-29-45-50(32-38)56-48-20-10-19-46(51(45)48)53-54-52-39-14-5-4-13-35(39)23-30-49(52)57-53/h1-32H. The largest absolute Gasteiger partial charge is 0.456 e. The number of aromatic nitrogens is 1. The Kier molecular flexibility index (Phi) is 6.89. The third-order valence-electron chi connectivity index (χ3n) is 11.5. The summed E-state index contributed by atoms with van der Waals surface area (Å²) in [6.07, 6.45) is 0. The van der Waals surface area contributed by atoms with Crippen molar-refractivity contribution in [2.75, 3.05) is 4.90 Å². The number of rotatable bonds is 5. The van der Waals surface area contributed by atoms with E-state index in [0.29, 0.717) is 5.89 Å². The molecule has 12 aromatic rings. The summed E-state index contributed by atoms with van der Waals surface area (Å²) in [5, 5.41) is 11.7. The van der Waals surface area contributed by atoms with Crippen molar-refractivity contribution in [3.8, 4) is 22.6 Å². The summed E-state index contributed by atoms with van der Waals surface area (Å²) in [4.78, 5) is 7.38. The second-order valence-corrected chi connectivity index (χ2v) is 14.7. The van der Waals surface area contributed by atoms with Crippen LogP contribution in [0.3, 0.4) is 0 Å². The van der Waals surface area contributed by atoms with Crippen LogP contribution in [0.15, 0.2) is 203 Å². The predicted molar refractivity (Wildman–Crippen MR) is 237 cm³/mol. The fourth-order valence-corrected chi connectivity index (χ4v) is 8.82. The molecule has 0 N–H and O–H groups in total. The fourth-order valence-electron chi connectivity index (χ4n) is 8.82. The molecule has 0 amide bonds. The van der Waals surface area contributed by atoms with Gasteiger partial charge in [0, 0.05) is 44.9 Å². The molecule has 0 aliphatic rings. The number of fused-ring (bicyclic) bond motifs is 12. The van der Waals surface area contributed by atoms with Crippen LogP contribution in [0, 0.1) is 0 Å². The Labute approximate surface area is 327 Å². The van der Waals surface area contributed by atoms with E-state index in [1.807, 2.05) is 30.3 Å². The van der Waals surface area contributed by atoms with E-state index in [9.17, 15) is 0 Å². The maximum absolute atomic E-state index is 6.68. The van der Waals surface area contributed by atoms with Crippen LogP contribution < -0.4 is 4.90 Å². The van der Waals surface area contributed by atoms with Gasteiger partial charge in [-0.05, 0) is 103 Å². The van der Waals surface area contributed by atoms with Gasteiger partial charge in [0.05, 0.1) is 0 Å². The SMILES string of the molecule is c1ccc(-c2ccc(N(c3ccc4c(c3)oc3cccc(-c5nc6c(ccc7ccccc76)o5)c34)c3ccc4c5ccccc5c5ccccc5c4c3)cc2)cc1. The lowest BCUT2D eigenvalue weighted by Gasteiger charge is -2.26. The van der Waals surface area contributed by atoms with Crippen LogP contribution in [0.5, 0.6) is 0 Å². The zero-order chi connectivity index (χ0) is 37.5. The normalized spacial score (nSPS) is 11.9. The quantitative estimate of drug-likeness (QED) is 0.166. The van der Waals surface area contributed by atoms with E-state index in [-0.39, 0.29) is 0 Å². The van der Waals surface area contributed by atoms with Gasteiger partial charge in [-0.15, -0.1) is 0 Å². The first kappa shape index (κ1) is 31.6. The van der Waals surface area contributed by atoms with Gasteiger partial charge in [0.25, 0.3) is 0 Å². The third-order valence-corrected chi connectivity index (χ3v) is 11.5. The number of hydrogen-bond donors (Lipinski definition) is 0. The van der Waals surface area contributed by atoms with Gasteiger partial charge in [-0.3, -0.25) is 0 Å². The Morgan fingerprint density at radius 3 is 1.70 bits per heavy atom. The van der Waals surface area contributed by atoms with Crippen LogP contribution in [-0.2, 0) is 0 Å². The molecule has 10 aromatic carbocycles. The van der Waals surface area contributed by atoms with Crippen LogP contribution in [0.2, 0.25) is 0 Å². The molecule has 0 unspecified atom stereocenters. The second-order valence-electron chi connectivity index (χ2n) is 14.7. The summed E-state index contributed by atoms with van der Waals surface area (Å²) in [7, 11) is 0. The van der Waals surface area contributed by atoms with Crippen molar-refractivity contribution < 1.29 is 8.83 Å². The molecule has 0 saturated heterocycles. The first-order valence-corrected chi connectivity index (χ1v) is 19.3. The van der Waals surface area contributed by atoms with Crippen LogP contribution >= 0.6 is 0 Å². The molecule has 12 rings (SSSR count). The molecule has 0 aliphatic carbocycles. The molecule has 0 bridgehead atoms. The summed E-state index contributed by atoms with van der Waals surface area (Å²) in [5.74, 6) is 0.578. The van der Waals surface area contributed by atoms with E-state index in [0.717, 1.165) is 66.4 Å². The second kappa shape index (κ2) is 12.4. The lowest BCUT2D eigenvalue weighted by Crippen LogP contribution is -2.09. The highest BCUT2D eigenvalue weighted by atomic mass is 16.3. The third kappa shape index (κ3) is 4.98. The van der Waals surface area contributed by atoms with Crippen LogP contribution in [0.4, 0.5) is 17.1 Å². The van der Waals surface area contributed by atoms with Gasteiger partial charge < -0.3 is 13.7 Å². The van der Waals surface area contributed by atoms with Gasteiger partial charge in [-0.2, -0.15) is 0 Å². The molecule has 4 nitrogen and oxygen atoms in total. The minimum atomic E-state index is 0.578. The molecule has 0 aliphatic heterocycles. The molecule has 0 atom stereocenters. The molecule has 57 heavy (non-hydrogen) atoms. The molecule has 0 saturated carbocycles. The molecule has 4 heteroatoms. The average molecular weight is 729 g/mol. The first-order chi connectivity index (χ1) is 28.2. The van der Waals surface area contributed by atoms with Crippen molar-refractivity contribution in [2.24, 2.45) is 0 Å². The van der Waals surface area contributed by atoms with Crippen molar-refractivity contribution in [1.82, 2.24) is 4.98 Å². The monoisotopic (exact) mass is 728 g/mol. The lowest BCUT2D eigenvalue weighted by atomic mass is 9.94. The van der Waals surface area contributed by atoms with E-state index < -0.39 is 0 Å². The fraction of sp³-hybridized carbons (Fsp3) is 0. The Balaban J connectivity index is 1.05. The number of oxazole rings is 1. The summed E-state index contributed by atoms with van der Waals surface area (Å²) in [6.45, 7) is 0. The van der Waals surface area contributed by atoms with Crippen LogP contribution in [0.25, 0.3) is 98.7 Å². The van der Waals surface area contributed by atoms with Crippen molar-refractivity contribution >= 4 is 93.2 Å². The number of benzene rings is 10. The molecule has 0 spiro atoms. The smallest absolute Gasteiger partial charge is 0.228 e. The Morgan fingerprint density at radius 2 is 0.947 bits per heavy atom. The topological polar surface area (TPSA) is 42.4 Å². The number of hydrogen-bond acceptors (Lipinski definition) is 4. The highest BCUT2D eigenvalue weighted by Gasteiger charge is 2.21. The molecular formula is C53H32N2O2. The number of furan rings is 1. The zero-order valence-electron chi connectivity index (χ0n) is 30.7. The summed E-state index contributed by atoms with van der Waals surface area (Å²) >= 11 is 0. The summed E-state index contributed by atoms with van der Waals surface area (Å²) < 4.78 is 13.1. The Hall–Kier alpha value is -7.69. The highest BCUT2D eigenvalue weighted by molar-refractivity contribution is 6.26. The van der Waals surface area contributed by atoms with Gasteiger partial charge in [0.2, 0.25) is 5.89 Å². The predicted octanol–water partition coefficient (Wildman–Crippen LogP) is 15.1. The van der Waals surface area contributed by atoms with E-state index in [1.54, 1.807) is 0 Å². The van der Waals surface area contributed by atoms with Gasteiger partial charge >= 0.3 is 0 Å². The number of nitrogens with zero attached hydrogens (tertiary/aromatic N) is 2. The molecule has 2 aromatic heterocycles. The van der Waals surface area contributed by atoms with Crippen molar-refractivity contribution in [2.45, 2.75) is 0 Å². The minimum Gasteiger partial charge on any atom is -0.456 e. The van der Waals surface area contributed by atoms with Crippen molar-refractivity contribution in [3.63, 3.8) is 0 Å². The van der Waals surface area contributed by atoms with Crippen molar-refractivity contribution in [1.29, 1.82) is 0 Å². The van der Waals surface area contributed by atoms with E-state index in [4.69, 9.17) is 13.8 Å². The molecule has 0 radical (unpaired) electrons. The molecular weight excluding hydrogens is 697 g/mol. The van der Waals surface area contributed by atoms with Gasteiger partial charge in [-0.25, -0.2) is 4.98 Å². The van der Waals surface area contributed by atoms with E-state index in [2.05, 4.69) is 169 Å². The van der Waals surface area contributed by atoms with E-state index >= 15 is 0 Å². The molecule has 0 fully saturated rings. The van der Waals surface area contributed by atoms with E-state index in [1.165, 1.54) is 43.4 Å². The maximum Gasteiger partial charge on any atom is 0.228 e. The Bertz CT molecular complexity index is 3490. The van der Waals surface area contributed by atoms with Crippen LogP contribution in [0.1, 0.15) is 0 Å². The van der Waals surface area contributed by atoms with Gasteiger partial charge in [0.1, 0.15) is 16.7 Å².